The first kappa shape index (κ1) is 42.8. The van der Waals surface area contributed by atoms with Crippen LogP contribution in [0.25, 0.3) is 0 Å². The lowest BCUT2D eigenvalue weighted by atomic mass is 9.80. The van der Waals surface area contributed by atoms with Crippen molar-refractivity contribution in [2.45, 2.75) is 105 Å². The number of ether oxygens (including phenoxy) is 4. The summed E-state index contributed by atoms with van der Waals surface area (Å²) < 4.78 is 26.3. The van der Waals surface area contributed by atoms with E-state index in [-0.39, 0.29) is 33.8 Å². The number of fused-ring (bicyclic) bond motifs is 1. The summed E-state index contributed by atoms with van der Waals surface area (Å²) in [4.78, 5) is 47.8. The zero-order chi connectivity index (χ0) is 37.3. The number of aliphatic hydroxyl groups excluding tert-OH is 5. The van der Waals surface area contributed by atoms with Gasteiger partial charge < -0.3 is 71.1 Å². The van der Waals surface area contributed by atoms with Gasteiger partial charge >= 0.3 is 11.9 Å². The number of aliphatic carboxylic acids is 2. The van der Waals surface area contributed by atoms with E-state index in [1.807, 2.05) is 4.67 Å². The van der Waals surface area contributed by atoms with Crippen LogP contribution in [0.15, 0.2) is 0 Å². The van der Waals surface area contributed by atoms with Gasteiger partial charge in [-0.3, -0.25) is 18.9 Å². The van der Waals surface area contributed by atoms with E-state index in [1.54, 1.807) is 18.8 Å². The fourth-order valence-electron chi connectivity index (χ4n) is 5.80. The van der Waals surface area contributed by atoms with E-state index < -0.39 is 110 Å². The SMILES string of the molecule is CC(=O)CN(C)PPN(C)CC(=O)N[C@@H](CCCCO[C@H]1OC(CO[C@]2(C(=O)O)C[C@@H](O)[C@H]3N[C@H]([C@H](O)CO)C3O2)[C@H](O)[C@H](O)C1N)C(=O)O. The van der Waals surface area contributed by atoms with Crippen molar-refractivity contribution in [3.05, 3.63) is 0 Å². The van der Waals surface area contributed by atoms with E-state index in [9.17, 15) is 54.9 Å². The Hall–Kier alpha value is -1.58. The van der Waals surface area contributed by atoms with Gasteiger partial charge in [0.1, 0.15) is 30.1 Å². The molecule has 0 bridgehead atoms. The standard InChI is InChI=1S/C28H51N5O15P2/c1-13(35)9-32(2)49-50-33(3)10-18(38)30-14(25(41)42)6-4-5-7-45-26-19(29)23(40)22(39)17(47-26)12-46-28(27(43)44)8-15(36)20-24(48-28)21(31-20)16(37)11-34/h14-17,19-24,26,31,34,36-37,39-40,49-50H,4-12,29H2,1-3H3,(H,30,38)(H,41,42)(H,43,44)/t14-,15+,16+,17?,19?,20+,21+,22-,23+,24?,26-,28+/m0/s1. The molecule has 3 saturated heterocycles. The second kappa shape index (κ2) is 19.5. The number of aliphatic hydroxyl groups is 5. The van der Waals surface area contributed by atoms with E-state index >= 15 is 0 Å². The van der Waals surface area contributed by atoms with Gasteiger partial charge in [-0.1, -0.05) is 0 Å². The number of rotatable bonds is 21. The van der Waals surface area contributed by atoms with Gasteiger partial charge in [0.05, 0.1) is 62.7 Å². The predicted octanol–water partition coefficient (Wildman–Crippen LogP) is -4.29. The summed E-state index contributed by atoms with van der Waals surface area (Å²) >= 11 is 0. The maximum absolute atomic E-state index is 12.5. The number of carbonyl (C=O) groups excluding carboxylic acids is 2. The Bertz CT molecular complexity index is 1160. The normalized spacial score (nSPS) is 34.2. The molecule has 3 rings (SSSR count). The third-order valence-corrected chi connectivity index (χ3v) is 12.3. The van der Waals surface area contributed by atoms with Crippen LogP contribution in [0.1, 0.15) is 32.6 Å². The first-order valence-electron chi connectivity index (χ1n) is 16.1. The summed E-state index contributed by atoms with van der Waals surface area (Å²) in [5, 5.41) is 76.0. The number of unbranched alkanes of at least 4 members (excludes halogenated alkanes) is 1. The van der Waals surface area contributed by atoms with Crippen LogP contribution in [0.3, 0.4) is 0 Å². The lowest BCUT2D eigenvalue weighted by Gasteiger charge is -2.55. The lowest BCUT2D eigenvalue weighted by Crippen LogP contribution is -2.79. The second-order valence-corrected chi connectivity index (χ2v) is 16.1. The Morgan fingerprint density at radius 3 is 2.34 bits per heavy atom. The molecule has 0 aliphatic carbocycles. The fourth-order valence-corrected chi connectivity index (χ4v) is 8.17. The highest BCUT2D eigenvalue weighted by atomic mass is 32.0. The number of amides is 1. The molecular weight excluding hydrogens is 708 g/mol. The lowest BCUT2D eigenvalue weighted by molar-refractivity contribution is -0.337. The van der Waals surface area contributed by atoms with E-state index in [0.29, 0.717) is 27.8 Å². The minimum atomic E-state index is -2.40. The zero-order valence-electron chi connectivity index (χ0n) is 28.1. The minimum Gasteiger partial charge on any atom is -0.480 e. The van der Waals surface area contributed by atoms with Gasteiger partial charge in [0, 0.05) is 13.0 Å². The van der Waals surface area contributed by atoms with Crippen molar-refractivity contribution in [3.63, 3.8) is 0 Å². The molecule has 3 fully saturated rings. The molecule has 3 heterocycles. The first-order chi connectivity index (χ1) is 23.5. The number of nitrogens with two attached hydrogens (primary N) is 1. The summed E-state index contributed by atoms with van der Waals surface area (Å²) in [5.41, 5.74) is 6.01. The molecule has 0 aromatic carbocycles. The third kappa shape index (κ3) is 11.5. The molecule has 50 heavy (non-hydrogen) atoms. The number of carboxylic acid groups (broad SMARTS) is 2. The molecule has 0 saturated carbocycles. The molecule has 14 atom stereocenters. The molecule has 1 amide bonds. The van der Waals surface area contributed by atoms with Crippen LogP contribution in [0, 0.1) is 0 Å². The smallest absolute Gasteiger partial charge is 0.364 e. The van der Waals surface area contributed by atoms with Gasteiger partial charge in [0.2, 0.25) is 5.91 Å². The second-order valence-electron chi connectivity index (χ2n) is 12.8. The Morgan fingerprint density at radius 2 is 1.74 bits per heavy atom. The van der Waals surface area contributed by atoms with Crippen molar-refractivity contribution in [1.82, 2.24) is 20.0 Å². The molecule has 3 aliphatic heterocycles. The quantitative estimate of drug-likeness (QED) is 0.0391. The van der Waals surface area contributed by atoms with Gasteiger partial charge in [-0.25, -0.2) is 9.59 Å². The van der Waals surface area contributed by atoms with Crippen LogP contribution in [0.4, 0.5) is 0 Å². The fraction of sp³-hybridized carbons (Fsp3) is 0.857. The molecule has 11 N–H and O–H groups in total. The number of hydrogen-bond donors (Lipinski definition) is 10. The van der Waals surface area contributed by atoms with E-state index in [2.05, 4.69) is 10.6 Å². The van der Waals surface area contributed by atoms with Crippen molar-refractivity contribution in [1.29, 1.82) is 0 Å². The van der Waals surface area contributed by atoms with Gasteiger partial charge in [0.15, 0.2) is 6.29 Å². The largest absolute Gasteiger partial charge is 0.480 e. The molecular formula is C28H51N5O15P2. The molecule has 0 aromatic heterocycles. The van der Waals surface area contributed by atoms with Crippen LogP contribution in [0.5, 0.6) is 0 Å². The minimum absolute atomic E-state index is 0.00733. The number of ketones is 1. The van der Waals surface area contributed by atoms with Gasteiger partial charge in [-0.2, -0.15) is 0 Å². The number of carboxylic acids is 2. The highest BCUT2D eigenvalue weighted by molar-refractivity contribution is 8.09. The number of nitrogens with one attached hydrogen (secondary N) is 2. The van der Waals surface area contributed by atoms with Crippen molar-refractivity contribution >= 4 is 40.5 Å². The molecule has 0 aromatic rings. The van der Waals surface area contributed by atoms with E-state index in [1.165, 1.54) is 6.92 Å². The summed E-state index contributed by atoms with van der Waals surface area (Å²) in [6, 6.07) is -3.94. The first-order valence-corrected chi connectivity index (χ1v) is 19.0. The Balaban J connectivity index is 1.46. The average Bonchev–Trinajstić information content (AvgIpc) is 3.03. The Labute approximate surface area is 292 Å². The molecule has 22 heteroatoms. The summed E-state index contributed by atoms with van der Waals surface area (Å²) in [6.45, 7) is 0.503. The number of nitrogens with zero attached hydrogens (tertiary/aromatic N) is 2. The summed E-state index contributed by atoms with van der Waals surface area (Å²) in [7, 11) is 4.08. The molecule has 288 valence electrons. The maximum atomic E-state index is 12.5. The number of likely N-dealkylation sites (N-methyl/N-ethyl adjacent to an activating group) is 2. The van der Waals surface area contributed by atoms with Crippen LogP contribution in [0.2, 0.25) is 0 Å². The summed E-state index contributed by atoms with van der Waals surface area (Å²) in [6.07, 6.45) is -9.17. The molecule has 20 nitrogen and oxygen atoms in total. The molecule has 5 unspecified atom stereocenters. The van der Waals surface area contributed by atoms with Crippen molar-refractivity contribution in [3.8, 4) is 0 Å². The Kier molecular flexibility index (Phi) is 16.7. The topological polar surface area (TPSA) is 303 Å². The third-order valence-electron chi connectivity index (χ3n) is 8.54. The van der Waals surface area contributed by atoms with Gasteiger partial charge in [-0.15, -0.1) is 0 Å². The van der Waals surface area contributed by atoms with Crippen molar-refractivity contribution < 1.29 is 73.9 Å². The number of hydrogen-bond acceptors (Lipinski definition) is 17. The molecule has 0 radical (unpaired) electrons. The monoisotopic (exact) mass is 759 g/mol. The highest BCUT2D eigenvalue weighted by Gasteiger charge is 2.61. The number of Topliss-reactive ketones (excluding diaryl/α,β-unsaturated/α-hetero) is 1. The van der Waals surface area contributed by atoms with Gasteiger partial charge in [0.25, 0.3) is 5.79 Å². The van der Waals surface area contributed by atoms with Gasteiger partial charge in [-0.05, 0) is 57.1 Å². The predicted molar refractivity (Wildman–Crippen MR) is 176 cm³/mol. The average molecular weight is 760 g/mol. The highest BCUT2D eigenvalue weighted by Crippen LogP contribution is 2.41. The van der Waals surface area contributed by atoms with Crippen LogP contribution in [-0.4, -0.2) is 189 Å². The van der Waals surface area contributed by atoms with Crippen molar-refractivity contribution in [2.24, 2.45) is 5.73 Å². The molecule has 0 spiro atoms. The van der Waals surface area contributed by atoms with E-state index in [0.717, 1.165) is 0 Å². The van der Waals surface area contributed by atoms with Crippen LogP contribution in [-0.2, 0) is 38.1 Å². The summed E-state index contributed by atoms with van der Waals surface area (Å²) in [5.74, 6) is -5.63. The number of carbonyl (C=O) groups is 4. The molecule has 3 aliphatic rings. The van der Waals surface area contributed by atoms with Crippen LogP contribution < -0.4 is 16.4 Å². The van der Waals surface area contributed by atoms with Crippen LogP contribution >= 0.6 is 16.8 Å². The zero-order valence-corrected chi connectivity index (χ0v) is 30.1. The van der Waals surface area contributed by atoms with Crippen molar-refractivity contribution in [2.75, 3.05) is 47.0 Å². The Morgan fingerprint density at radius 1 is 1.08 bits per heavy atom. The van der Waals surface area contributed by atoms with E-state index in [4.69, 9.17) is 24.7 Å². The maximum Gasteiger partial charge on any atom is 0.364 e.